The molecule has 2 aliphatic rings. The molecular weight excluding hydrogens is 384 g/mol. The second kappa shape index (κ2) is 9.59. The lowest BCUT2D eigenvalue weighted by atomic mass is 10.0. The van der Waals surface area contributed by atoms with Crippen LogP contribution in [-0.2, 0) is 14.3 Å². The van der Waals surface area contributed by atoms with Crippen LogP contribution < -0.4 is 5.32 Å². The lowest BCUT2D eigenvalue weighted by molar-refractivity contribution is -0.133. The average molecular weight is 405 g/mol. The van der Waals surface area contributed by atoms with Crippen molar-refractivity contribution in [2.75, 3.05) is 40.0 Å². The molecule has 0 radical (unpaired) electrons. The number of aliphatic imine (C=N–C) groups is 2. The van der Waals surface area contributed by atoms with Gasteiger partial charge in [-0.15, -0.1) is 0 Å². The van der Waals surface area contributed by atoms with E-state index in [1.165, 1.54) is 0 Å². The summed E-state index contributed by atoms with van der Waals surface area (Å²) in [5, 5.41) is 3.26. The molecule has 8 nitrogen and oxygen atoms in total. The minimum Gasteiger partial charge on any atom is -0.382 e. The van der Waals surface area contributed by atoms with Crippen LogP contribution in [0.25, 0.3) is 0 Å². The van der Waals surface area contributed by atoms with E-state index in [9.17, 15) is 9.59 Å². The number of hydrogen-bond acceptors (Lipinski definition) is 6. The Bertz CT molecular complexity index is 833. The fourth-order valence-electron chi connectivity index (χ4n) is 2.72. The van der Waals surface area contributed by atoms with E-state index in [2.05, 4.69) is 15.3 Å². The molecule has 0 aromatic heterocycles. The third-order valence-electron chi connectivity index (χ3n) is 4.22. The summed E-state index contributed by atoms with van der Waals surface area (Å²) in [6.07, 6.45) is 2.34. The molecule has 0 aliphatic carbocycles. The first-order valence-electron chi connectivity index (χ1n) is 8.83. The second-order valence-corrected chi connectivity index (χ2v) is 6.63. The molecule has 0 bridgehead atoms. The largest absolute Gasteiger partial charge is 0.382 e. The summed E-state index contributed by atoms with van der Waals surface area (Å²) in [6, 6.07) is 6.58. The number of amides is 2. The lowest BCUT2D eigenvalue weighted by Gasteiger charge is -2.27. The third-order valence-corrected chi connectivity index (χ3v) is 4.47. The Morgan fingerprint density at radius 1 is 1.25 bits per heavy atom. The topological polar surface area (TPSA) is 92.6 Å². The zero-order valence-corrected chi connectivity index (χ0v) is 16.2. The van der Waals surface area contributed by atoms with Crippen molar-refractivity contribution in [3.05, 3.63) is 46.6 Å². The van der Waals surface area contributed by atoms with Crippen molar-refractivity contribution in [2.24, 2.45) is 9.98 Å². The van der Waals surface area contributed by atoms with Crippen LogP contribution in [0.3, 0.4) is 0 Å². The van der Waals surface area contributed by atoms with E-state index in [1.807, 2.05) is 0 Å². The highest BCUT2D eigenvalue weighted by molar-refractivity contribution is 6.30. The van der Waals surface area contributed by atoms with Gasteiger partial charge in [0, 0.05) is 42.4 Å². The molecule has 0 fully saturated rings. The summed E-state index contributed by atoms with van der Waals surface area (Å²) < 4.78 is 10.2. The number of benzene rings is 1. The van der Waals surface area contributed by atoms with Crippen LogP contribution in [0.15, 0.2) is 46.0 Å². The molecule has 2 amide bonds. The average Bonchev–Trinajstić information content (AvgIpc) is 2.71. The van der Waals surface area contributed by atoms with E-state index >= 15 is 0 Å². The maximum absolute atomic E-state index is 12.3. The van der Waals surface area contributed by atoms with Crippen molar-refractivity contribution in [3.63, 3.8) is 0 Å². The Morgan fingerprint density at radius 2 is 2.04 bits per heavy atom. The number of methoxy groups -OCH3 is 1. The van der Waals surface area contributed by atoms with E-state index in [4.69, 9.17) is 21.1 Å². The Hall–Kier alpha value is -2.55. The number of ether oxygens (including phenoxy) is 2. The molecule has 28 heavy (non-hydrogen) atoms. The molecule has 0 saturated heterocycles. The standard InChI is InChI=1S/C19H21ClN4O4/c1-27-8-9-28-12-17(25)24-7-6-16-14(11-24)10-21-19(22-16)23-18(26)13-2-4-15(20)5-3-13/h2-5,11H,6-10,12H2,1H3,(H,21,23,26). The predicted molar refractivity (Wildman–Crippen MR) is 106 cm³/mol. The van der Waals surface area contributed by atoms with Gasteiger partial charge in [0.1, 0.15) is 6.61 Å². The quantitative estimate of drug-likeness (QED) is 0.730. The van der Waals surface area contributed by atoms with Gasteiger partial charge in [-0.1, -0.05) is 11.6 Å². The molecule has 0 spiro atoms. The van der Waals surface area contributed by atoms with E-state index in [1.54, 1.807) is 42.5 Å². The number of nitrogens with one attached hydrogen (secondary N) is 1. The summed E-state index contributed by atoms with van der Waals surface area (Å²) >= 11 is 5.84. The summed E-state index contributed by atoms with van der Waals surface area (Å²) in [7, 11) is 1.58. The van der Waals surface area contributed by atoms with Gasteiger partial charge in [-0.2, -0.15) is 0 Å². The summed E-state index contributed by atoms with van der Waals surface area (Å²) in [4.78, 5) is 34.8. The van der Waals surface area contributed by atoms with Crippen molar-refractivity contribution in [3.8, 4) is 0 Å². The highest BCUT2D eigenvalue weighted by Crippen LogP contribution is 2.17. The van der Waals surface area contributed by atoms with E-state index in [0.29, 0.717) is 43.3 Å². The number of halogens is 1. The summed E-state index contributed by atoms with van der Waals surface area (Å²) in [6.45, 7) is 1.69. The predicted octanol–water partition coefficient (Wildman–Crippen LogP) is 1.66. The zero-order valence-electron chi connectivity index (χ0n) is 15.5. The number of carbonyl (C=O) groups excluding carboxylic acids is 2. The van der Waals surface area contributed by atoms with Crippen LogP contribution in [0, 0.1) is 0 Å². The van der Waals surface area contributed by atoms with Gasteiger partial charge in [0.2, 0.25) is 5.96 Å². The third kappa shape index (κ3) is 5.25. The van der Waals surface area contributed by atoms with Gasteiger partial charge in [0.15, 0.2) is 0 Å². The Kier molecular flexibility index (Phi) is 6.91. The molecule has 1 aromatic carbocycles. The maximum Gasteiger partial charge on any atom is 0.258 e. The molecule has 0 unspecified atom stereocenters. The van der Waals surface area contributed by atoms with Gasteiger partial charge in [0.05, 0.1) is 25.5 Å². The van der Waals surface area contributed by atoms with Crippen LogP contribution in [0.4, 0.5) is 0 Å². The molecule has 9 heteroatoms. The van der Waals surface area contributed by atoms with Gasteiger partial charge in [0.25, 0.3) is 11.8 Å². The Balaban J connectivity index is 1.57. The maximum atomic E-state index is 12.3. The minimum atomic E-state index is -0.298. The van der Waals surface area contributed by atoms with Crippen molar-refractivity contribution >= 4 is 35.1 Å². The monoisotopic (exact) mass is 404 g/mol. The second-order valence-electron chi connectivity index (χ2n) is 6.20. The molecule has 0 atom stereocenters. The lowest BCUT2D eigenvalue weighted by Crippen LogP contribution is -2.39. The first-order valence-corrected chi connectivity index (χ1v) is 9.21. The Labute approximate surface area is 167 Å². The van der Waals surface area contributed by atoms with Crippen LogP contribution >= 0.6 is 11.6 Å². The highest BCUT2D eigenvalue weighted by atomic mass is 35.5. The van der Waals surface area contributed by atoms with Crippen molar-refractivity contribution in [1.29, 1.82) is 0 Å². The fraction of sp³-hybridized carbons (Fsp3) is 0.368. The van der Waals surface area contributed by atoms with Crippen molar-refractivity contribution in [1.82, 2.24) is 10.2 Å². The van der Waals surface area contributed by atoms with E-state index < -0.39 is 0 Å². The Morgan fingerprint density at radius 3 is 2.79 bits per heavy atom. The SMILES string of the molecule is COCCOCC(=O)N1C=C2CN=C(NC(=O)c3ccc(Cl)cc3)N=C2CC1. The van der Waals surface area contributed by atoms with Crippen molar-refractivity contribution in [2.45, 2.75) is 6.42 Å². The first-order chi connectivity index (χ1) is 13.6. The molecule has 0 saturated carbocycles. The first kappa shape index (κ1) is 20.2. The van der Waals surface area contributed by atoms with Crippen LogP contribution in [0.1, 0.15) is 16.8 Å². The van der Waals surface area contributed by atoms with E-state index in [0.717, 1.165) is 11.3 Å². The van der Waals surface area contributed by atoms with Crippen molar-refractivity contribution < 1.29 is 19.1 Å². The number of rotatable bonds is 6. The number of guanidine groups is 1. The number of nitrogens with zero attached hydrogens (tertiary/aromatic N) is 3. The molecular formula is C19H21ClN4O4. The summed E-state index contributed by atoms with van der Waals surface area (Å²) in [5.41, 5.74) is 2.16. The van der Waals surface area contributed by atoms with Gasteiger partial charge < -0.3 is 14.4 Å². The van der Waals surface area contributed by atoms with Gasteiger partial charge in [-0.25, -0.2) is 9.98 Å². The fourth-order valence-corrected chi connectivity index (χ4v) is 2.85. The molecule has 1 N–H and O–H groups in total. The minimum absolute atomic E-state index is 0.00524. The van der Waals surface area contributed by atoms with E-state index in [-0.39, 0.29) is 24.4 Å². The van der Waals surface area contributed by atoms with Gasteiger partial charge in [-0.05, 0) is 24.3 Å². The molecule has 2 heterocycles. The van der Waals surface area contributed by atoms with Crippen LogP contribution in [-0.4, -0.2) is 68.4 Å². The smallest absolute Gasteiger partial charge is 0.258 e. The molecule has 2 aliphatic heterocycles. The molecule has 3 rings (SSSR count). The van der Waals surface area contributed by atoms with Crippen LogP contribution in [0.2, 0.25) is 5.02 Å². The molecule has 1 aromatic rings. The van der Waals surface area contributed by atoms with Crippen LogP contribution in [0.5, 0.6) is 0 Å². The number of fused-ring (bicyclic) bond motifs is 1. The summed E-state index contributed by atoms with van der Waals surface area (Å²) in [5.74, 6) is -0.142. The highest BCUT2D eigenvalue weighted by Gasteiger charge is 2.24. The number of carbonyl (C=O) groups is 2. The van der Waals surface area contributed by atoms with Gasteiger partial charge in [-0.3, -0.25) is 14.9 Å². The zero-order chi connectivity index (χ0) is 19.9. The normalized spacial score (nSPS) is 15.9. The van der Waals surface area contributed by atoms with Gasteiger partial charge >= 0.3 is 0 Å². The molecule has 148 valence electrons. The number of hydrogen-bond donors (Lipinski definition) is 1.